The van der Waals surface area contributed by atoms with Crippen LogP contribution in [-0.4, -0.2) is 18.8 Å². The zero-order valence-corrected chi connectivity index (χ0v) is 9.32. The number of benzene rings is 1. The molecule has 0 amide bonds. The molecule has 1 aliphatic rings. The van der Waals surface area contributed by atoms with Crippen molar-refractivity contribution in [2.75, 3.05) is 7.11 Å². The van der Waals surface area contributed by atoms with Crippen LogP contribution in [0.4, 0.5) is 0 Å². The zero-order chi connectivity index (χ0) is 11.5. The molecule has 0 bridgehead atoms. The number of carbonyl (C=O) groups is 1. The SMILES string of the molecule is COc1ccc2c(c1)CCC2=NOC(C)=O. The zero-order valence-electron chi connectivity index (χ0n) is 9.32. The monoisotopic (exact) mass is 219 g/mol. The molecule has 1 aliphatic carbocycles. The molecule has 0 aliphatic heterocycles. The van der Waals surface area contributed by atoms with Crippen LogP contribution in [0.5, 0.6) is 5.75 Å². The Kier molecular flexibility index (Phi) is 2.90. The van der Waals surface area contributed by atoms with Gasteiger partial charge in [-0.15, -0.1) is 0 Å². The Labute approximate surface area is 93.9 Å². The summed E-state index contributed by atoms with van der Waals surface area (Å²) in [7, 11) is 1.64. The van der Waals surface area contributed by atoms with E-state index in [1.807, 2.05) is 18.2 Å². The van der Waals surface area contributed by atoms with Crippen LogP contribution in [0.25, 0.3) is 0 Å². The van der Waals surface area contributed by atoms with E-state index in [2.05, 4.69) is 9.99 Å². The van der Waals surface area contributed by atoms with E-state index in [4.69, 9.17) is 4.74 Å². The molecule has 2 rings (SSSR count). The average Bonchev–Trinajstić information content (AvgIpc) is 2.68. The molecule has 1 aromatic carbocycles. The molecule has 0 heterocycles. The van der Waals surface area contributed by atoms with E-state index < -0.39 is 5.97 Å². The molecule has 4 nitrogen and oxygen atoms in total. The molecule has 0 radical (unpaired) electrons. The predicted octanol–water partition coefficient (Wildman–Crippen LogP) is 1.91. The number of carbonyl (C=O) groups excluding carboxylic acids is 1. The molecule has 0 unspecified atom stereocenters. The topological polar surface area (TPSA) is 47.9 Å². The van der Waals surface area contributed by atoms with Crippen molar-refractivity contribution in [3.05, 3.63) is 29.3 Å². The Morgan fingerprint density at radius 1 is 1.38 bits per heavy atom. The molecule has 0 N–H and O–H groups in total. The first-order chi connectivity index (χ1) is 7.70. The second kappa shape index (κ2) is 4.35. The fourth-order valence-electron chi connectivity index (χ4n) is 1.79. The molecule has 84 valence electrons. The fraction of sp³-hybridized carbons (Fsp3) is 0.333. The summed E-state index contributed by atoms with van der Waals surface area (Å²) < 4.78 is 5.15. The minimum Gasteiger partial charge on any atom is -0.497 e. The molecule has 0 aromatic heterocycles. The van der Waals surface area contributed by atoms with Crippen molar-refractivity contribution in [3.8, 4) is 5.75 Å². The lowest BCUT2D eigenvalue weighted by Gasteiger charge is -2.03. The minimum absolute atomic E-state index is 0.394. The average molecular weight is 219 g/mol. The van der Waals surface area contributed by atoms with Gasteiger partial charge in [0.05, 0.1) is 12.8 Å². The molecule has 1 aromatic rings. The summed E-state index contributed by atoms with van der Waals surface area (Å²) in [5, 5.41) is 3.85. The van der Waals surface area contributed by atoms with E-state index in [0.29, 0.717) is 0 Å². The van der Waals surface area contributed by atoms with Crippen LogP contribution in [0, 0.1) is 0 Å². The lowest BCUT2D eigenvalue weighted by molar-refractivity contribution is -0.140. The highest BCUT2D eigenvalue weighted by Gasteiger charge is 2.19. The van der Waals surface area contributed by atoms with Crippen molar-refractivity contribution in [1.29, 1.82) is 0 Å². The first kappa shape index (κ1) is 10.7. The maximum Gasteiger partial charge on any atom is 0.331 e. The number of aryl methyl sites for hydroxylation is 1. The van der Waals surface area contributed by atoms with Gasteiger partial charge in [-0.2, -0.15) is 0 Å². The second-order valence-electron chi connectivity index (χ2n) is 3.64. The number of nitrogens with zero attached hydrogens (tertiary/aromatic N) is 1. The van der Waals surface area contributed by atoms with Crippen molar-refractivity contribution >= 4 is 11.7 Å². The Balaban J connectivity index is 2.26. The fourth-order valence-corrected chi connectivity index (χ4v) is 1.79. The van der Waals surface area contributed by atoms with E-state index in [1.54, 1.807) is 7.11 Å². The van der Waals surface area contributed by atoms with E-state index in [1.165, 1.54) is 12.5 Å². The summed E-state index contributed by atoms with van der Waals surface area (Å²) >= 11 is 0. The van der Waals surface area contributed by atoms with Crippen LogP contribution < -0.4 is 4.74 Å². The number of rotatable bonds is 2. The summed E-state index contributed by atoms with van der Waals surface area (Å²) in [6.45, 7) is 1.34. The maximum atomic E-state index is 10.7. The lowest BCUT2D eigenvalue weighted by Crippen LogP contribution is -1.99. The van der Waals surface area contributed by atoms with Crippen LogP contribution in [0.15, 0.2) is 23.4 Å². The highest BCUT2D eigenvalue weighted by atomic mass is 16.7. The Morgan fingerprint density at radius 2 is 2.19 bits per heavy atom. The number of hydrogen-bond acceptors (Lipinski definition) is 4. The third-order valence-electron chi connectivity index (χ3n) is 2.54. The summed E-state index contributed by atoms with van der Waals surface area (Å²) in [5.74, 6) is 0.446. The summed E-state index contributed by atoms with van der Waals surface area (Å²) in [5.41, 5.74) is 3.06. The normalized spacial score (nSPS) is 16.0. The molecular weight excluding hydrogens is 206 g/mol. The lowest BCUT2D eigenvalue weighted by atomic mass is 10.1. The molecule has 0 spiro atoms. The number of fused-ring (bicyclic) bond motifs is 1. The number of methoxy groups -OCH3 is 1. The van der Waals surface area contributed by atoms with Gasteiger partial charge in [0.25, 0.3) is 0 Å². The van der Waals surface area contributed by atoms with Gasteiger partial charge in [-0.3, -0.25) is 0 Å². The summed E-state index contributed by atoms with van der Waals surface area (Å²) in [6.07, 6.45) is 1.71. The molecule has 0 saturated heterocycles. The Morgan fingerprint density at radius 3 is 2.88 bits per heavy atom. The van der Waals surface area contributed by atoms with Gasteiger partial charge < -0.3 is 9.57 Å². The number of oxime groups is 1. The Hall–Kier alpha value is -1.84. The third kappa shape index (κ3) is 2.05. The minimum atomic E-state index is -0.394. The second-order valence-corrected chi connectivity index (χ2v) is 3.64. The number of hydrogen-bond donors (Lipinski definition) is 0. The van der Waals surface area contributed by atoms with Crippen molar-refractivity contribution in [2.45, 2.75) is 19.8 Å². The van der Waals surface area contributed by atoms with Gasteiger partial charge in [-0.1, -0.05) is 5.16 Å². The summed E-state index contributed by atoms with van der Waals surface area (Å²) in [6, 6.07) is 5.82. The van der Waals surface area contributed by atoms with Crippen LogP contribution >= 0.6 is 0 Å². The molecule has 4 heteroatoms. The first-order valence-electron chi connectivity index (χ1n) is 5.12. The van der Waals surface area contributed by atoms with Crippen molar-refractivity contribution in [3.63, 3.8) is 0 Å². The standard InChI is InChI=1S/C12H13NO3/c1-8(14)16-13-12-6-3-9-7-10(15-2)4-5-11(9)12/h4-5,7H,3,6H2,1-2H3. The van der Waals surface area contributed by atoms with Gasteiger partial charge in [-0.05, 0) is 36.6 Å². The van der Waals surface area contributed by atoms with E-state index in [-0.39, 0.29) is 0 Å². The van der Waals surface area contributed by atoms with Gasteiger partial charge in [0.1, 0.15) is 5.75 Å². The van der Waals surface area contributed by atoms with Crippen LogP contribution in [0.1, 0.15) is 24.5 Å². The summed E-state index contributed by atoms with van der Waals surface area (Å²) in [4.78, 5) is 15.3. The third-order valence-corrected chi connectivity index (χ3v) is 2.54. The van der Waals surface area contributed by atoms with Gasteiger partial charge in [0.2, 0.25) is 0 Å². The van der Waals surface area contributed by atoms with Crippen LogP contribution in [0.2, 0.25) is 0 Å². The van der Waals surface area contributed by atoms with Crippen LogP contribution in [0.3, 0.4) is 0 Å². The number of ether oxygens (including phenoxy) is 1. The van der Waals surface area contributed by atoms with E-state index in [9.17, 15) is 4.79 Å². The molecule has 0 atom stereocenters. The van der Waals surface area contributed by atoms with Crippen molar-refractivity contribution in [2.24, 2.45) is 5.16 Å². The maximum absolute atomic E-state index is 10.7. The van der Waals surface area contributed by atoms with Gasteiger partial charge >= 0.3 is 5.97 Å². The van der Waals surface area contributed by atoms with E-state index in [0.717, 1.165) is 29.9 Å². The molecule has 0 saturated carbocycles. The van der Waals surface area contributed by atoms with Gasteiger partial charge in [0.15, 0.2) is 0 Å². The van der Waals surface area contributed by atoms with Crippen molar-refractivity contribution < 1.29 is 14.4 Å². The van der Waals surface area contributed by atoms with E-state index >= 15 is 0 Å². The van der Waals surface area contributed by atoms with Crippen LogP contribution in [-0.2, 0) is 16.1 Å². The molecular formula is C12H13NO3. The predicted molar refractivity (Wildman–Crippen MR) is 59.6 cm³/mol. The quantitative estimate of drug-likeness (QED) is 0.564. The highest BCUT2D eigenvalue weighted by molar-refractivity contribution is 6.04. The van der Waals surface area contributed by atoms with Crippen molar-refractivity contribution in [1.82, 2.24) is 0 Å². The first-order valence-corrected chi connectivity index (χ1v) is 5.12. The Bertz CT molecular complexity index is 452. The smallest absolute Gasteiger partial charge is 0.331 e. The highest BCUT2D eigenvalue weighted by Crippen LogP contribution is 2.26. The van der Waals surface area contributed by atoms with Gasteiger partial charge in [0, 0.05) is 12.5 Å². The van der Waals surface area contributed by atoms with Gasteiger partial charge in [-0.25, -0.2) is 4.79 Å². The molecule has 0 fully saturated rings. The molecule has 16 heavy (non-hydrogen) atoms. The largest absolute Gasteiger partial charge is 0.497 e.